The molecule has 0 spiro atoms. The number of aliphatic hydroxyl groups excluding tert-OH is 4. The summed E-state index contributed by atoms with van der Waals surface area (Å²) in [5.74, 6) is -1.27. The molecule has 0 saturated heterocycles. The van der Waals surface area contributed by atoms with E-state index in [4.69, 9.17) is 0 Å². The van der Waals surface area contributed by atoms with E-state index < -0.39 is 45.9 Å². The van der Waals surface area contributed by atoms with E-state index in [1.165, 1.54) is 0 Å². The highest BCUT2D eigenvalue weighted by Crippen LogP contribution is 2.76. The molecule has 4 saturated carbocycles. The normalized spacial score (nSPS) is 54.7. The van der Waals surface area contributed by atoms with Gasteiger partial charge in [-0.3, -0.25) is 4.79 Å². The van der Waals surface area contributed by atoms with Gasteiger partial charge in [0.15, 0.2) is 0 Å². The first kappa shape index (κ1) is 27.6. The van der Waals surface area contributed by atoms with Crippen LogP contribution in [0.2, 0.25) is 0 Å². The van der Waals surface area contributed by atoms with Gasteiger partial charge in [0.2, 0.25) is 0 Å². The maximum atomic E-state index is 12.9. The number of aliphatic hydroxyl groups is 5. The second-order valence-electron chi connectivity index (χ2n) is 14.6. The predicted octanol–water partition coefficient (Wildman–Crippen LogP) is 3.12. The topological polar surface area (TPSA) is 138 Å². The van der Waals surface area contributed by atoms with E-state index in [9.17, 15) is 35.4 Å². The molecule has 0 bridgehead atoms. The van der Waals surface area contributed by atoms with Crippen molar-refractivity contribution in [2.75, 3.05) is 13.2 Å². The molecule has 210 valence electrons. The molecular weight excluding hydrogens is 472 g/mol. The van der Waals surface area contributed by atoms with Gasteiger partial charge in [-0.05, 0) is 92.3 Å². The first-order valence-corrected chi connectivity index (χ1v) is 14.4. The van der Waals surface area contributed by atoms with E-state index in [-0.39, 0.29) is 41.8 Å². The lowest BCUT2D eigenvalue weighted by Gasteiger charge is -2.72. The third-order valence-corrected chi connectivity index (χ3v) is 13.6. The van der Waals surface area contributed by atoms with Gasteiger partial charge in [0.25, 0.3) is 0 Å². The average Bonchev–Trinajstić information content (AvgIpc) is 2.83. The van der Waals surface area contributed by atoms with Crippen LogP contribution in [-0.4, -0.2) is 67.6 Å². The van der Waals surface area contributed by atoms with Crippen molar-refractivity contribution >= 4 is 5.97 Å². The molecule has 5 aliphatic rings. The summed E-state index contributed by atoms with van der Waals surface area (Å²) in [6.45, 7) is 9.87. The zero-order chi connectivity index (χ0) is 27.4. The molecule has 0 heterocycles. The highest BCUT2D eigenvalue weighted by molar-refractivity contribution is 5.77. The summed E-state index contributed by atoms with van der Waals surface area (Å²) in [6, 6.07) is 0. The average molecular weight is 521 g/mol. The standard InChI is InChI=1S/C30H48O7/c1-17-8-11-29(24(35)36)13-12-26(3)18(22(29)28(17,5)37)6-7-20-25(2)14-19(33)23(34)30(15-31,16-32)21(25)9-10-27(20,26)4/h6,17,19-23,31-34,37H,7-16H2,1-5H3,(H,35,36)/t17-,19-,20+,21+,22-,23+,25-,26-,27-,28-,29+/m1/s1. The second kappa shape index (κ2) is 8.26. The Bertz CT molecular complexity index is 986. The van der Waals surface area contributed by atoms with Crippen molar-refractivity contribution in [2.24, 2.45) is 50.7 Å². The van der Waals surface area contributed by atoms with Crippen molar-refractivity contribution in [2.45, 2.75) is 104 Å². The molecule has 0 aliphatic heterocycles. The Labute approximate surface area is 221 Å². The first-order valence-electron chi connectivity index (χ1n) is 14.4. The van der Waals surface area contributed by atoms with Crippen LogP contribution >= 0.6 is 0 Å². The molecule has 7 heteroatoms. The van der Waals surface area contributed by atoms with E-state index in [2.05, 4.69) is 26.8 Å². The fourth-order valence-electron chi connectivity index (χ4n) is 11.1. The second-order valence-corrected chi connectivity index (χ2v) is 14.6. The molecule has 5 rings (SSSR count). The number of fused-ring (bicyclic) bond motifs is 7. The zero-order valence-corrected chi connectivity index (χ0v) is 23.2. The summed E-state index contributed by atoms with van der Waals surface area (Å²) in [6.07, 6.45) is 5.18. The Morgan fingerprint density at radius 1 is 0.973 bits per heavy atom. The number of hydrogen-bond acceptors (Lipinski definition) is 6. The van der Waals surface area contributed by atoms with Gasteiger partial charge in [0, 0.05) is 11.3 Å². The maximum Gasteiger partial charge on any atom is 0.310 e. The van der Waals surface area contributed by atoms with Gasteiger partial charge in [-0.2, -0.15) is 0 Å². The molecule has 0 amide bonds. The minimum atomic E-state index is -1.18. The van der Waals surface area contributed by atoms with Gasteiger partial charge in [0.1, 0.15) is 0 Å². The van der Waals surface area contributed by atoms with Crippen LogP contribution < -0.4 is 0 Å². The van der Waals surface area contributed by atoms with Gasteiger partial charge < -0.3 is 30.6 Å². The lowest BCUT2D eigenvalue weighted by Crippen LogP contribution is -2.70. The largest absolute Gasteiger partial charge is 0.481 e. The van der Waals surface area contributed by atoms with Gasteiger partial charge in [-0.25, -0.2) is 0 Å². The van der Waals surface area contributed by atoms with Crippen molar-refractivity contribution in [3.63, 3.8) is 0 Å². The molecule has 7 nitrogen and oxygen atoms in total. The molecule has 0 unspecified atom stereocenters. The lowest BCUT2D eigenvalue weighted by atomic mass is 9.32. The van der Waals surface area contributed by atoms with Crippen molar-refractivity contribution in [1.82, 2.24) is 0 Å². The molecular formula is C30H48O7. The molecule has 0 aromatic carbocycles. The first-order chi connectivity index (χ1) is 17.1. The fraction of sp³-hybridized carbons (Fsp3) is 0.900. The van der Waals surface area contributed by atoms with Gasteiger partial charge in [-0.1, -0.05) is 39.3 Å². The Morgan fingerprint density at radius 3 is 2.22 bits per heavy atom. The van der Waals surface area contributed by atoms with E-state index in [0.29, 0.717) is 38.5 Å². The summed E-state index contributed by atoms with van der Waals surface area (Å²) in [5.41, 5.74) is -3.11. The number of allylic oxidation sites excluding steroid dienone is 1. The van der Waals surface area contributed by atoms with E-state index in [1.807, 2.05) is 13.8 Å². The van der Waals surface area contributed by atoms with Crippen LogP contribution in [0.5, 0.6) is 0 Å². The Balaban J connectivity index is 1.65. The number of carbonyl (C=O) groups is 1. The van der Waals surface area contributed by atoms with Crippen LogP contribution in [-0.2, 0) is 4.79 Å². The highest BCUT2D eigenvalue weighted by Gasteiger charge is 2.72. The molecule has 6 N–H and O–H groups in total. The lowest BCUT2D eigenvalue weighted by molar-refractivity contribution is -0.259. The predicted molar refractivity (Wildman–Crippen MR) is 138 cm³/mol. The Hall–Kier alpha value is -0.990. The van der Waals surface area contributed by atoms with Gasteiger partial charge >= 0.3 is 5.97 Å². The maximum absolute atomic E-state index is 12.9. The van der Waals surface area contributed by atoms with E-state index in [0.717, 1.165) is 18.4 Å². The Morgan fingerprint density at radius 2 is 1.62 bits per heavy atom. The summed E-state index contributed by atoms with van der Waals surface area (Å²) in [4.78, 5) is 12.9. The van der Waals surface area contributed by atoms with Crippen molar-refractivity contribution in [3.05, 3.63) is 11.6 Å². The highest BCUT2D eigenvalue weighted by atomic mass is 16.4. The van der Waals surface area contributed by atoms with Crippen molar-refractivity contribution in [1.29, 1.82) is 0 Å². The van der Waals surface area contributed by atoms with Crippen LogP contribution in [0.4, 0.5) is 0 Å². The third-order valence-electron chi connectivity index (χ3n) is 13.6. The minimum absolute atomic E-state index is 0.00304. The zero-order valence-electron chi connectivity index (χ0n) is 23.2. The molecule has 0 aromatic heterocycles. The van der Waals surface area contributed by atoms with Crippen LogP contribution in [0.3, 0.4) is 0 Å². The summed E-state index contributed by atoms with van der Waals surface area (Å²) in [7, 11) is 0. The van der Waals surface area contributed by atoms with Crippen LogP contribution in [0, 0.1) is 50.7 Å². The SMILES string of the molecule is C[C@@H]1CC[C@]2(C(=O)O)CC[C@]3(C)C(=CC[C@H]4[C@@]5(C)C[C@@H](O)[C@H](O)C(CO)(CO)[C@H]5CC[C@]43C)[C@@H]2[C@]1(C)O. The number of hydrogen-bond donors (Lipinski definition) is 6. The molecule has 5 aliphatic carbocycles. The molecule has 0 aromatic rings. The van der Waals surface area contributed by atoms with Gasteiger partial charge in [0.05, 0.1) is 36.4 Å². The van der Waals surface area contributed by atoms with E-state index >= 15 is 0 Å². The van der Waals surface area contributed by atoms with Crippen LogP contribution in [0.1, 0.15) is 86.0 Å². The summed E-state index contributed by atoms with van der Waals surface area (Å²) >= 11 is 0. The third kappa shape index (κ3) is 3.10. The minimum Gasteiger partial charge on any atom is -0.481 e. The number of carboxylic acids is 1. The monoisotopic (exact) mass is 520 g/mol. The van der Waals surface area contributed by atoms with Crippen molar-refractivity contribution in [3.8, 4) is 0 Å². The molecule has 37 heavy (non-hydrogen) atoms. The number of rotatable bonds is 3. The smallest absolute Gasteiger partial charge is 0.310 e. The number of carboxylic acid groups (broad SMARTS) is 1. The molecule has 11 atom stereocenters. The summed E-state index contributed by atoms with van der Waals surface area (Å²) < 4.78 is 0. The Kier molecular flexibility index (Phi) is 6.16. The molecule has 0 radical (unpaired) electrons. The number of aliphatic carboxylic acids is 1. The van der Waals surface area contributed by atoms with Crippen molar-refractivity contribution < 1.29 is 35.4 Å². The summed E-state index contributed by atoms with van der Waals surface area (Å²) in [5, 5.41) is 65.3. The molecule has 4 fully saturated rings. The fourth-order valence-corrected chi connectivity index (χ4v) is 11.1. The quantitative estimate of drug-likeness (QED) is 0.314. The van der Waals surface area contributed by atoms with Crippen LogP contribution in [0.25, 0.3) is 0 Å². The van der Waals surface area contributed by atoms with Crippen LogP contribution in [0.15, 0.2) is 11.6 Å². The van der Waals surface area contributed by atoms with Gasteiger partial charge in [-0.15, -0.1) is 0 Å². The van der Waals surface area contributed by atoms with E-state index in [1.54, 1.807) is 0 Å².